The smallest absolute Gasteiger partial charge is 0.253 e. The van der Waals surface area contributed by atoms with Gasteiger partial charge < -0.3 is 11.1 Å². The molecule has 60 valence electrons. The van der Waals surface area contributed by atoms with Crippen LogP contribution in [0, 0.1) is 0 Å². The summed E-state index contributed by atoms with van der Waals surface area (Å²) >= 11 is 0. The Morgan fingerprint density at radius 1 is 1.73 bits per heavy atom. The molecule has 1 atom stereocenters. The summed E-state index contributed by atoms with van der Waals surface area (Å²) in [5.74, 6) is 0.678. The van der Waals surface area contributed by atoms with E-state index < -0.39 is 0 Å². The van der Waals surface area contributed by atoms with Gasteiger partial charge >= 0.3 is 0 Å². The number of carbonyl (C=O) groups is 1. The first-order valence-electron chi connectivity index (χ1n) is 3.81. The van der Waals surface area contributed by atoms with E-state index in [1.165, 1.54) is 0 Å². The molecule has 1 amide bonds. The van der Waals surface area contributed by atoms with Crippen molar-refractivity contribution < 1.29 is 4.79 Å². The van der Waals surface area contributed by atoms with Gasteiger partial charge in [-0.05, 0) is 19.8 Å². The molecule has 1 spiro atoms. The third kappa shape index (κ3) is 0.860. The predicted molar refractivity (Wildman–Crippen MR) is 41.2 cm³/mol. The van der Waals surface area contributed by atoms with E-state index in [1.807, 2.05) is 6.92 Å². The average Bonchev–Trinajstić information content (AvgIpc) is 2.59. The molecule has 11 heavy (non-hydrogen) atoms. The van der Waals surface area contributed by atoms with Gasteiger partial charge in [0.1, 0.15) is 11.4 Å². The highest BCUT2D eigenvalue weighted by Gasteiger charge is 2.54. The van der Waals surface area contributed by atoms with Gasteiger partial charge in [-0.3, -0.25) is 9.79 Å². The van der Waals surface area contributed by atoms with Gasteiger partial charge in [0.2, 0.25) is 0 Å². The van der Waals surface area contributed by atoms with Gasteiger partial charge in [0.15, 0.2) is 0 Å². The first-order chi connectivity index (χ1) is 5.14. The van der Waals surface area contributed by atoms with Crippen molar-refractivity contribution in [2.45, 2.75) is 31.3 Å². The fourth-order valence-corrected chi connectivity index (χ4v) is 1.21. The van der Waals surface area contributed by atoms with E-state index >= 15 is 0 Å². The molecule has 0 aromatic carbocycles. The molecule has 3 N–H and O–H groups in total. The van der Waals surface area contributed by atoms with Crippen molar-refractivity contribution in [2.24, 2.45) is 10.7 Å². The van der Waals surface area contributed by atoms with Crippen molar-refractivity contribution in [3.8, 4) is 0 Å². The van der Waals surface area contributed by atoms with Gasteiger partial charge in [0.25, 0.3) is 5.91 Å². The minimum absolute atomic E-state index is 0.0322. The summed E-state index contributed by atoms with van der Waals surface area (Å²) in [7, 11) is 0. The largest absolute Gasteiger partial charge is 0.322 e. The van der Waals surface area contributed by atoms with Crippen molar-refractivity contribution in [2.75, 3.05) is 0 Å². The molecule has 0 aromatic heterocycles. The van der Waals surface area contributed by atoms with Crippen molar-refractivity contribution in [3.05, 3.63) is 0 Å². The third-order valence-electron chi connectivity index (χ3n) is 2.15. The van der Waals surface area contributed by atoms with Crippen LogP contribution in [0.25, 0.3) is 0 Å². The number of aliphatic imine (C=N–C) groups is 1. The first kappa shape index (κ1) is 6.79. The van der Waals surface area contributed by atoms with Crippen molar-refractivity contribution in [3.63, 3.8) is 0 Å². The van der Waals surface area contributed by atoms with E-state index in [0.29, 0.717) is 5.84 Å². The van der Waals surface area contributed by atoms with Gasteiger partial charge in [-0.25, -0.2) is 0 Å². The molecule has 1 aliphatic heterocycles. The average molecular weight is 153 g/mol. The van der Waals surface area contributed by atoms with Gasteiger partial charge in [-0.15, -0.1) is 0 Å². The molecule has 2 aliphatic rings. The van der Waals surface area contributed by atoms with Gasteiger partial charge in [-0.2, -0.15) is 0 Å². The van der Waals surface area contributed by atoms with Crippen LogP contribution in [-0.2, 0) is 4.79 Å². The number of carbonyl (C=O) groups excluding carboxylic acids is 1. The monoisotopic (exact) mass is 153 g/mol. The van der Waals surface area contributed by atoms with Crippen LogP contribution in [0.15, 0.2) is 4.99 Å². The predicted octanol–water partition coefficient (Wildman–Crippen LogP) is -0.605. The number of nitrogens with one attached hydrogen (secondary N) is 1. The van der Waals surface area contributed by atoms with E-state index in [-0.39, 0.29) is 17.5 Å². The Morgan fingerprint density at radius 3 is 2.64 bits per heavy atom. The Balaban J connectivity index is 2.23. The van der Waals surface area contributed by atoms with Crippen LogP contribution < -0.4 is 11.1 Å². The number of nitrogens with two attached hydrogens (primary N) is 1. The molecular weight excluding hydrogens is 142 g/mol. The zero-order valence-electron chi connectivity index (χ0n) is 6.42. The maximum Gasteiger partial charge on any atom is 0.253 e. The molecule has 0 bridgehead atoms. The Bertz CT molecular complexity index is 240. The van der Waals surface area contributed by atoms with Crippen molar-refractivity contribution in [1.82, 2.24) is 5.32 Å². The topological polar surface area (TPSA) is 67.5 Å². The molecule has 4 nitrogen and oxygen atoms in total. The van der Waals surface area contributed by atoms with E-state index in [9.17, 15) is 4.79 Å². The summed E-state index contributed by atoms with van der Waals surface area (Å²) in [6.45, 7) is 1.82. The number of nitrogens with zero attached hydrogens (tertiary/aromatic N) is 1. The number of hydrogen-bond donors (Lipinski definition) is 2. The third-order valence-corrected chi connectivity index (χ3v) is 2.15. The lowest BCUT2D eigenvalue weighted by Crippen LogP contribution is -2.38. The molecule has 0 aromatic rings. The summed E-state index contributed by atoms with van der Waals surface area (Å²) in [6.07, 6.45) is 1.77. The second-order valence-electron chi connectivity index (χ2n) is 3.27. The van der Waals surface area contributed by atoms with E-state index in [1.54, 1.807) is 0 Å². The molecule has 0 saturated heterocycles. The normalized spacial score (nSPS) is 28.2. The van der Waals surface area contributed by atoms with Crippen molar-refractivity contribution >= 4 is 11.7 Å². The van der Waals surface area contributed by atoms with Crippen LogP contribution in [0.4, 0.5) is 0 Å². The Hall–Kier alpha value is -0.900. The summed E-state index contributed by atoms with van der Waals surface area (Å²) in [5, 5.41) is 2.69. The summed E-state index contributed by atoms with van der Waals surface area (Å²) in [5.41, 5.74) is 5.18. The second-order valence-corrected chi connectivity index (χ2v) is 3.27. The van der Waals surface area contributed by atoms with Gasteiger partial charge in [0, 0.05) is 0 Å². The minimum Gasteiger partial charge on any atom is -0.322 e. The summed E-state index contributed by atoms with van der Waals surface area (Å²) < 4.78 is 0. The van der Waals surface area contributed by atoms with Crippen molar-refractivity contribution in [1.29, 1.82) is 0 Å². The minimum atomic E-state index is -0.386. The molecule has 1 aliphatic carbocycles. The Labute approximate surface area is 64.9 Å². The Kier molecular flexibility index (Phi) is 1.12. The molecule has 4 heteroatoms. The summed E-state index contributed by atoms with van der Waals surface area (Å²) in [6, 6.07) is -0.154. The standard InChI is InChI=1S/C7H11N3O/c1-4(8)5-9-6(11)7(10-5)2-3-7/h4H,2-3,8H2,1H3,(H,9,10,11)/t4-/m1/s1. The lowest BCUT2D eigenvalue weighted by atomic mass is 10.3. The fraction of sp³-hybridized carbons (Fsp3) is 0.714. The summed E-state index contributed by atoms with van der Waals surface area (Å²) in [4.78, 5) is 15.4. The van der Waals surface area contributed by atoms with E-state index in [2.05, 4.69) is 10.3 Å². The SMILES string of the molecule is C[C@@H](N)C1=NC2(CC2)C(=O)N1. The number of hydrogen-bond acceptors (Lipinski definition) is 3. The van der Waals surface area contributed by atoms with Crippen LogP contribution in [-0.4, -0.2) is 23.3 Å². The van der Waals surface area contributed by atoms with Crippen LogP contribution in [0.5, 0.6) is 0 Å². The zero-order valence-corrected chi connectivity index (χ0v) is 6.42. The molecule has 1 heterocycles. The number of amides is 1. The van der Waals surface area contributed by atoms with Gasteiger partial charge in [-0.1, -0.05) is 0 Å². The Morgan fingerprint density at radius 2 is 2.36 bits per heavy atom. The maximum atomic E-state index is 11.2. The molecule has 0 unspecified atom stereocenters. The quantitative estimate of drug-likeness (QED) is 0.528. The number of amidine groups is 1. The lowest BCUT2D eigenvalue weighted by Gasteiger charge is -2.02. The zero-order chi connectivity index (χ0) is 8.06. The fourth-order valence-electron chi connectivity index (χ4n) is 1.21. The maximum absolute atomic E-state index is 11.2. The van der Waals surface area contributed by atoms with Crippen LogP contribution in [0.3, 0.4) is 0 Å². The highest BCUT2D eigenvalue weighted by Crippen LogP contribution is 2.42. The lowest BCUT2D eigenvalue weighted by molar-refractivity contribution is -0.120. The molecular formula is C7H11N3O. The first-order valence-corrected chi connectivity index (χ1v) is 3.81. The second kappa shape index (κ2) is 1.82. The van der Waals surface area contributed by atoms with Crippen LogP contribution in [0.1, 0.15) is 19.8 Å². The molecule has 2 rings (SSSR count). The molecule has 1 fully saturated rings. The highest BCUT2D eigenvalue weighted by molar-refractivity contribution is 6.11. The molecule has 0 radical (unpaired) electrons. The van der Waals surface area contributed by atoms with E-state index in [0.717, 1.165) is 12.8 Å². The van der Waals surface area contributed by atoms with E-state index in [4.69, 9.17) is 5.73 Å². The van der Waals surface area contributed by atoms with Crippen LogP contribution >= 0.6 is 0 Å². The van der Waals surface area contributed by atoms with Gasteiger partial charge in [0.05, 0.1) is 6.04 Å². The number of rotatable bonds is 1. The van der Waals surface area contributed by atoms with Crippen LogP contribution in [0.2, 0.25) is 0 Å². The highest BCUT2D eigenvalue weighted by atomic mass is 16.2. The molecule has 1 saturated carbocycles.